The number of pyridine rings is 1. The fraction of sp³-hybridized carbons (Fsp3) is 0.545. The molecule has 14 heavy (non-hydrogen) atoms. The first-order valence-corrected chi connectivity index (χ1v) is 5.15. The molecule has 1 aromatic heterocycles. The van der Waals surface area contributed by atoms with E-state index in [0.29, 0.717) is 6.04 Å². The third kappa shape index (κ3) is 2.04. The molecule has 0 aromatic carbocycles. The van der Waals surface area contributed by atoms with Crippen LogP contribution in [-0.4, -0.2) is 20.2 Å². The normalized spacial score (nSPS) is 18.1. The molecule has 1 N–H and O–H groups in total. The van der Waals surface area contributed by atoms with Gasteiger partial charge in [-0.2, -0.15) is 0 Å². The van der Waals surface area contributed by atoms with E-state index < -0.39 is 0 Å². The summed E-state index contributed by atoms with van der Waals surface area (Å²) in [6, 6.07) is 4.69. The second-order valence-electron chi connectivity index (χ2n) is 3.67. The first kappa shape index (κ1) is 9.46. The van der Waals surface area contributed by atoms with Crippen LogP contribution in [-0.2, 0) is 0 Å². The van der Waals surface area contributed by atoms with Crippen molar-refractivity contribution in [1.82, 2.24) is 5.32 Å². The molecule has 1 fully saturated rings. The molecule has 0 spiro atoms. The van der Waals surface area contributed by atoms with Crippen LogP contribution in [0.15, 0.2) is 24.5 Å². The van der Waals surface area contributed by atoms with Crippen molar-refractivity contribution in [2.24, 2.45) is 0 Å². The van der Waals surface area contributed by atoms with Crippen LogP contribution in [0.25, 0.3) is 0 Å². The summed E-state index contributed by atoms with van der Waals surface area (Å²) >= 11 is 0. The van der Waals surface area contributed by atoms with Crippen LogP contribution in [0, 0.1) is 0 Å². The Morgan fingerprint density at radius 3 is 2.50 bits per heavy atom. The predicted molar refractivity (Wildman–Crippen MR) is 54.3 cm³/mol. The monoisotopic (exact) mass is 193 g/mol. The Bertz CT molecular complexity index is 278. The molecule has 76 valence electrons. The van der Waals surface area contributed by atoms with Crippen LogP contribution in [0.1, 0.15) is 18.9 Å². The molecule has 0 saturated carbocycles. The summed E-state index contributed by atoms with van der Waals surface area (Å²) in [5.41, 5.74) is 0. The zero-order valence-corrected chi connectivity index (χ0v) is 8.57. The van der Waals surface area contributed by atoms with Crippen molar-refractivity contribution in [3.8, 4) is 5.75 Å². The number of methoxy groups -OCH3 is 1. The van der Waals surface area contributed by atoms with Crippen molar-refractivity contribution in [2.45, 2.75) is 18.9 Å². The van der Waals surface area contributed by atoms with E-state index >= 15 is 0 Å². The highest BCUT2D eigenvalue weighted by atomic mass is 16.5. The Kier molecular flexibility index (Phi) is 2.99. The van der Waals surface area contributed by atoms with Gasteiger partial charge in [-0.1, -0.05) is 0 Å². The minimum Gasteiger partial charge on any atom is -0.496 e. The van der Waals surface area contributed by atoms with Gasteiger partial charge >= 0.3 is 0 Å². The van der Waals surface area contributed by atoms with Gasteiger partial charge in [-0.05, 0) is 0 Å². The minimum atomic E-state index is 0.655. The summed E-state index contributed by atoms with van der Waals surface area (Å²) in [5.74, 6) is 0.926. The van der Waals surface area contributed by atoms with Crippen molar-refractivity contribution >= 4 is 0 Å². The lowest BCUT2D eigenvalue weighted by Gasteiger charge is -2.18. The predicted octanol–water partition coefficient (Wildman–Crippen LogP) is 0.907. The first-order chi connectivity index (χ1) is 6.90. The molecule has 1 aliphatic heterocycles. The molecule has 0 bridgehead atoms. The number of nitrogens with one attached hydrogen (secondary N) is 1. The fourth-order valence-electron chi connectivity index (χ4n) is 1.91. The van der Waals surface area contributed by atoms with Crippen molar-refractivity contribution in [3.05, 3.63) is 24.5 Å². The second kappa shape index (κ2) is 4.42. The Morgan fingerprint density at radius 1 is 1.29 bits per heavy atom. The average Bonchev–Trinajstić information content (AvgIpc) is 2.30. The van der Waals surface area contributed by atoms with Gasteiger partial charge in [0.1, 0.15) is 5.75 Å². The van der Waals surface area contributed by atoms with E-state index in [1.54, 1.807) is 7.11 Å². The fourth-order valence-corrected chi connectivity index (χ4v) is 1.91. The number of aromatic nitrogens is 1. The molecule has 3 nitrogen and oxygen atoms in total. The van der Waals surface area contributed by atoms with Crippen molar-refractivity contribution in [3.63, 3.8) is 0 Å². The minimum absolute atomic E-state index is 0.655. The van der Waals surface area contributed by atoms with Gasteiger partial charge in [-0.3, -0.25) is 0 Å². The van der Waals surface area contributed by atoms with E-state index in [1.807, 2.05) is 12.1 Å². The van der Waals surface area contributed by atoms with Gasteiger partial charge in [-0.25, -0.2) is 4.57 Å². The zero-order valence-electron chi connectivity index (χ0n) is 8.57. The maximum atomic E-state index is 5.13. The average molecular weight is 193 g/mol. The number of nitrogens with zero attached hydrogens (tertiary/aromatic N) is 1. The van der Waals surface area contributed by atoms with Crippen LogP contribution < -0.4 is 14.6 Å². The number of hydrogen-bond acceptors (Lipinski definition) is 2. The van der Waals surface area contributed by atoms with Gasteiger partial charge in [0.15, 0.2) is 18.4 Å². The molecular weight excluding hydrogens is 176 g/mol. The number of ether oxygens (including phenoxy) is 1. The summed E-state index contributed by atoms with van der Waals surface area (Å²) in [5, 5.41) is 3.37. The molecule has 0 amide bonds. The highest BCUT2D eigenvalue weighted by molar-refractivity contribution is 5.14. The van der Waals surface area contributed by atoms with E-state index in [0.717, 1.165) is 18.8 Å². The maximum absolute atomic E-state index is 5.13. The Labute approximate surface area is 84.7 Å². The smallest absolute Gasteiger partial charge is 0.172 e. The summed E-state index contributed by atoms with van der Waals surface area (Å²) in [7, 11) is 1.70. The number of hydrogen-bond donors (Lipinski definition) is 1. The van der Waals surface area contributed by atoms with Gasteiger partial charge in [-0.15, -0.1) is 0 Å². The molecule has 1 saturated heterocycles. The largest absolute Gasteiger partial charge is 0.496 e. The van der Waals surface area contributed by atoms with Gasteiger partial charge < -0.3 is 10.1 Å². The lowest BCUT2D eigenvalue weighted by atomic mass is 10.1. The molecule has 2 rings (SSSR count). The van der Waals surface area contributed by atoms with E-state index in [2.05, 4.69) is 22.3 Å². The number of rotatable bonds is 2. The van der Waals surface area contributed by atoms with Crippen LogP contribution in [0.3, 0.4) is 0 Å². The molecule has 1 aliphatic rings. The highest BCUT2D eigenvalue weighted by Crippen LogP contribution is 2.12. The molecule has 0 radical (unpaired) electrons. The van der Waals surface area contributed by atoms with Gasteiger partial charge in [0.05, 0.1) is 7.11 Å². The summed E-state index contributed by atoms with van der Waals surface area (Å²) in [6.45, 7) is 2.26. The highest BCUT2D eigenvalue weighted by Gasteiger charge is 2.20. The first-order valence-electron chi connectivity index (χ1n) is 5.15. The number of piperidine rings is 1. The van der Waals surface area contributed by atoms with Crippen molar-refractivity contribution in [1.29, 1.82) is 0 Å². The third-order valence-electron chi connectivity index (χ3n) is 2.79. The van der Waals surface area contributed by atoms with Gasteiger partial charge in [0.2, 0.25) is 0 Å². The van der Waals surface area contributed by atoms with E-state index in [4.69, 9.17) is 4.74 Å². The quantitative estimate of drug-likeness (QED) is 0.706. The Morgan fingerprint density at radius 2 is 1.93 bits per heavy atom. The van der Waals surface area contributed by atoms with E-state index in [9.17, 15) is 0 Å². The Balaban J connectivity index is 2.07. The van der Waals surface area contributed by atoms with Gasteiger partial charge in [0, 0.05) is 38.1 Å². The lowest BCUT2D eigenvalue weighted by Crippen LogP contribution is -2.44. The van der Waals surface area contributed by atoms with E-state index in [-0.39, 0.29) is 0 Å². The van der Waals surface area contributed by atoms with Crippen LogP contribution in [0.2, 0.25) is 0 Å². The summed E-state index contributed by atoms with van der Waals surface area (Å²) in [6.07, 6.45) is 6.65. The van der Waals surface area contributed by atoms with Crippen molar-refractivity contribution < 1.29 is 9.30 Å². The standard InChI is InChI=1S/C11H17N2O/c1-14-11-4-8-13(9-5-11)10-2-6-12-7-3-10/h4-5,8-10,12H,2-3,6-7H2,1H3/q+1. The van der Waals surface area contributed by atoms with Crippen LogP contribution >= 0.6 is 0 Å². The molecule has 3 heteroatoms. The summed E-state index contributed by atoms with van der Waals surface area (Å²) < 4.78 is 7.41. The topological polar surface area (TPSA) is 25.1 Å². The van der Waals surface area contributed by atoms with Crippen LogP contribution in [0.5, 0.6) is 5.75 Å². The lowest BCUT2D eigenvalue weighted by molar-refractivity contribution is -0.725. The molecular formula is C11H17N2O+. The Hall–Kier alpha value is -1.09. The maximum Gasteiger partial charge on any atom is 0.172 e. The molecule has 1 aromatic rings. The van der Waals surface area contributed by atoms with E-state index in [1.165, 1.54) is 12.8 Å². The van der Waals surface area contributed by atoms with Gasteiger partial charge in [0.25, 0.3) is 0 Å². The molecule has 2 heterocycles. The second-order valence-corrected chi connectivity index (χ2v) is 3.67. The SMILES string of the molecule is COc1cc[n+](C2CCNCC2)cc1. The third-order valence-corrected chi connectivity index (χ3v) is 2.79. The molecule has 0 unspecified atom stereocenters. The molecule has 0 atom stereocenters. The van der Waals surface area contributed by atoms with Crippen LogP contribution in [0.4, 0.5) is 0 Å². The summed E-state index contributed by atoms with van der Waals surface area (Å²) in [4.78, 5) is 0. The van der Waals surface area contributed by atoms with Crippen molar-refractivity contribution in [2.75, 3.05) is 20.2 Å². The molecule has 0 aliphatic carbocycles. The zero-order chi connectivity index (χ0) is 9.80.